The van der Waals surface area contributed by atoms with Crippen LogP contribution in [0.3, 0.4) is 0 Å². The zero-order chi connectivity index (χ0) is 27.7. The van der Waals surface area contributed by atoms with Gasteiger partial charge in [0, 0.05) is 6.42 Å². The molecule has 0 unspecified atom stereocenters. The lowest BCUT2D eigenvalue weighted by Crippen LogP contribution is -2.54. The van der Waals surface area contributed by atoms with Gasteiger partial charge in [0.1, 0.15) is 18.0 Å². The van der Waals surface area contributed by atoms with E-state index in [1.165, 1.54) is 7.11 Å². The van der Waals surface area contributed by atoms with E-state index in [-0.39, 0.29) is 31.2 Å². The zero-order valence-corrected chi connectivity index (χ0v) is 22.3. The first-order valence-corrected chi connectivity index (χ1v) is 13.3. The van der Waals surface area contributed by atoms with Crippen molar-refractivity contribution in [3.8, 4) is 0 Å². The van der Waals surface area contributed by atoms with E-state index < -0.39 is 30.2 Å². The van der Waals surface area contributed by atoms with Gasteiger partial charge < -0.3 is 23.4 Å². The number of ether oxygens (including phenoxy) is 4. The number of carbonyl (C=O) groups is 2. The van der Waals surface area contributed by atoms with Crippen LogP contribution < -0.4 is 0 Å². The molecule has 1 aliphatic carbocycles. The predicted molar refractivity (Wildman–Crippen MR) is 147 cm³/mol. The molecule has 4 atom stereocenters. The molecule has 3 aromatic carbocycles. The fourth-order valence-electron chi connectivity index (χ4n) is 4.93. The maximum Gasteiger partial charge on any atom is 0.373 e. The van der Waals surface area contributed by atoms with Gasteiger partial charge in [-0.05, 0) is 28.8 Å². The molecule has 40 heavy (non-hydrogen) atoms. The van der Waals surface area contributed by atoms with Crippen molar-refractivity contribution < 1.29 is 33.0 Å². The minimum atomic E-state index is -0.851. The minimum Gasteiger partial charge on any atom is -0.463 e. The first-order valence-electron chi connectivity index (χ1n) is 13.3. The second-order valence-electron chi connectivity index (χ2n) is 9.71. The third kappa shape index (κ3) is 6.74. The molecule has 4 aromatic rings. The van der Waals surface area contributed by atoms with Crippen molar-refractivity contribution in [1.29, 1.82) is 0 Å². The van der Waals surface area contributed by atoms with Crippen LogP contribution in [0.4, 0.5) is 0 Å². The normalized spacial score (nSPS) is 20.8. The molecule has 0 radical (unpaired) electrons. The van der Waals surface area contributed by atoms with Crippen LogP contribution in [0.2, 0.25) is 0 Å². The molecule has 1 aromatic heterocycles. The lowest BCUT2D eigenvalue weighted by molar-refractivity contribution is -0.184. The highest BCUT2D eigenvalue weighted by Crippen LogP contribution is 2.38. The molecule has 7 nitrogen and oxygen atoms in total. The van der Waals surface area contributed by atoms with Gasteiger partial charge in [0.15, 0.2) is 5.78 Å². The van der Waals surface area contributed by atoms with E-state index in [9.17, 15) is 9.59 Å². The van der Waals surface area contributed by atoms with Gasteiger partial charge in [0.2, 0.25) is 5.76 Å². The van der Waals surface area contributed by atoms with Crippen LogP contribution >= 0.6 is 0 Å². The Morgan fingerprint density at radius 3 is 1.73 bits per heavy atom. The second kappa shape index (κ2) is 13.3. The van der Waals surface area contributed by atoms with E-state index in [0.29, 0.717) is 12.4 Å². The van der Waals surface area contributed by atoms with Crippen molar-refractivity contribution in [2.45, 2.75) is 50.5 Å². The smallest absolute Gasteiger partial charge is 0.373 e. The lowest BCUT2D eigenvalue weighted by Gasteiger charge is -2.40. The molecule has 7 heteroatoms. The molecule has 1 aliphatic rings. The number of hydrogen-bond donors (Lipinski definition) is 0. The first-order chi connectivity index (χ1) is 19.6. The second-order valence-corrected chi connectivity index (χ2v) is 9.71. The molecule has 1 fully saturated rings. The number of esters is 1. The summed E-state index contributed by atoms with van der Waals surface area (Å²) in [6, 6.07) is 32.5. The fraction of sp³-hybridized carbons (Fsp3) is 0.273. The predicted octanol–water partition coefficient (Wildman–Crippen LogP) is 5.88. The average molecular weight is 541 g/mol. The molecule has 0 amide bonds. The van der Waals surface area contributed by atoms with Gasteiger partial charge in [-0.3, -0.25) is 4.79 Å². The van der Waals surface area contributed by atoms with Crippen molar-refractivity contribution in [3.63, 3.8) is 0 Å². The number of methoxy groups -OCH3 is 1. The molecular formula is C33H32O7. The summed E-state index contributed by atoms with van der Waals surface area (Å²) in [5.74, 6) is -0.671. The summed E-state index contributed by atoms with van der Waals surface area (Å²) in [4.78, 5) is 25.7. The van der Waals surface area contributed by atoms with E-state index in [4.69, 9.17) is 23.4 Å². The number of benzene rings is 3. The van der Waals surface area contributed by atoms with Gasteiger partial charge in [-0.1, -0.05) is 91.0 Å². The molecule has 5 rings (SSSR count). The van der Waals surface area contributed by atoms with E-state index in [1.807, 2.05) is 91.0 Å². The largest absolute Gasteiger partial charge is 0.463 e. The monoisotopic (exact) mass is 540 g/mol. The summed E-state index contributed by atoms with van der Waals surface area (Å²) in [5.41, 5.74) is 2.90. The van der Waals surface area contributed by atoms with Crippen LogP contribution in [-0.2, 0) is 43.6 Å². The van der Waals surface area contributed by atoms with Crippen LogP contribution in [0.5, 0.6) is 0 Å². The summed E-state index contributed by atoms with van der Waals surface area (Å²) in [6.45, 7) is 0.830. The quantitative estimate of drug-likeness (QED) is 0.220. The molecule has 0 spiro atoms. The minimum absolute atomic E-state index is 0.0657. The van der Waals surface area contributed by atoms with Crippen LogP contribution in [0.25, 0.3) is 0 Å². The standard InChI is InChI=1S/C33H32O7/c1-36-33(35)29-18-17-28(40-29)26-19-27(34)31(38-21-24-13-7-3-8-14-24)32(39-22-25-15-9-4-10-16-25)30(26)37-20-23-11-5-2-6-12-23/h2-18,26,30-32H,19-22H2,1H3/t26-,30-,31+,32+/m0/s1. The van der Waals surface area contributed by atoms with Crippen molar-refractivity contribution in [2.75, 3.05) is 7.11 Å². The Morgan fingerprint density at radius 2 is 1.20 bits per heavy atom. The molecule has 0 N–H and O–H groups in total. The van der Waals surface area contributed by atoms with Crippen molar-refractivity contribution in [2.24, 2.45) is 0 Å². The molecular weight excluding hydrogens is 508 g/mol. The Bertz CT molecular complexity index is 1370. The third-order valence-corrected chi connectivity index (χ3v) is 6.98. The van der Waals surface area contributed by atoms with Crippen molar-refractivity contribution in [1.82, 2.24) is 0 Å². The summed E-state index contributed by atoms with van der Waals surface area (Å²) in [6.07, 6.45) is -2.07. The van der Waals surface area contributed by atoms with Gasteiger partial charge in [-0.2, -0.15) is 0 Å². The molecule has 0 bridgehead atoms. The Balaban J connectivity index is 1.46. The highest BCUT2D eigenvalue weighted by atomic mass is 16.6. The van der Waals surface area contributed by atoms with Crippen LogP contribution in [0.15, 0.2) is 108 Å². The Morgan fingerprint density at radius 1 is 0.700 bits per heavy atom. The number of Topliss-reactive ketones (excluding diaryl/α,β-unsaturated/α-hetero) is 1. The molecule has 206 valence electrons. The summed E-state index contributed by atoms with van der Waals surface area (Å²) < 4.78 is 29.9. The number of hydrogen-bond acceptors (Lipinski definition) is 7. The van der Waals surface area contributed by atoms with Gasteiger partial charge in [0.25, 0.3) is 0 Å². The lowest BCUT2D eigenvalue weighted by atomic mass is 9.80. The maximum atomic E-state index is 13.6. The average Bonchev–Trinajstić information content (AvgIpc) is 3.50. The summed E-state index contributed by atoms with van der Waals surface area (Å²) in [7, 11) is 1.29. The van der Waals surface area contributed by atoms with Crippen LogP contribution in [0, 0.1) is 0 Å². The summed E-state index contributed by atoms with van der Waals surface area (Å²) >= 11 is 0. The number of carbonyl (C=O) groups excluding carboxylic acids is 2. The van der Waals surface area contributed by atoms with E-state index in [2.05, 4.69) is 0 Å². The highest BCUT2D eigenvalue weighted by molar-refractivity contribution is 5.87. The van der Waals surface area contributed by atoms with Gasteiger partial charge in [-0.15, -0.1) is 0 Å². The molecule has 0 aliphatic heterocycles. The highest BCUT2D eigenvalue weighted by Gasteiger charge is 2.48. The fourth-order valence-corrected chi connectivity index (χ4v) is 4.93. The van der Waals surface area contributed by atoms with Gasteiger partial charge in [-0.25, -0.2) is 4.79 Å². The molecule has 1 saturated carbocycles. The van der Waals surface area contributed by atoms with Crippen molar-refractivity contribution in [3.05, 3.63) is 131 Å². The Kier molecular flexibility index (Phi) is 9.18. The van der Waals surface area contributed by atoms with Crippen molar-refractivity contribution >= 4 is 11.8 Å². The number of furan rings is 1. The first kappa shape index (κ1) is 27.5. The van der Waals surface area contributed by atoms with Crippen LogP contribution in [0.1, 0.15) is 45.3 Å². The Labute approximate surface area is 233 Å². The third-order valence-electron chi connectivity index (χ3n) is 6.98. The van der Waals surface area contributed by atoms with Gasteiger partial charge in [0.05, 0.1) is 39.0 Å². The zero-order valence-electron chi connectivity index (χ0n) is 22.3. The Hall–Kier alpha value is -4.04. The number of rotatable bonds is 11. The SMILES string of the molecule is COC(=O)c1ccc([C@@H]2CC(=O)[C@@H](OCc3ccccc3)[C@H](OCc3ccccc3)[C@H]2OCc2ccccc2)o1. The van der Waals surface area contributed by atoms with E-state index in [0.717, 1.165) is 16.7 Å². The topological polar surface area (TPSA) is 84.2 Å². The molecule has 0 saturated heterocycles. The van der Waals surface area contributed by atoms with E-state index in [1.54, 1.807) is 12.1 Å². The maximum absolute atomic E-state index is 13.6. The summed E-state index contributed by atoms with van der Waals surface area (Å²) in [5, 5.41) is 0. The van der Waals surface area contributed by atoms with E-state index >= 15 is 0 Å². The number of ketones is 1. The van der Waals surface area contributed by atoms with Crippen LogP contribution in [-0.4, -0.2) is 37.2 Å². The molecule has 1 heterocycles. The van der Waals surface area contributed by atoms with Gasteiger partial charge >= 0.3 is 5.97 Å².